The maximum Gasteiger partial charge on any atom is 0.313 e. The first-order valence-electron chi connectivity index (χ1n) is 8.79. The van der Waals surface area contributed by atoms with Gasteiger partial charge in [0.1, 0.15) is 0 Å². The zero-order valence-electron chi connectivity index (χ0n) is 15.0. The molecule has 7 nitrogen and oxygen atoms in total. The molecule has 1 aliphatic heterocycles. The van der Waals surface area contributed by atoms with Crippen molar-refractivity contribution in [2.24, 2.45) is 0 Å². The van der Waals surface area contributed by atoms with E-state index in [0.29, 0.717) is 30.1 Å². The molecule has 0 radical (unpaired) electrons. The normalized spacial score (nSPS) is 17.2. The minimum absolute atomic E-state index is 0.0684. The third-order valence-electron chi connectivity index (χ3n) is 4.48. The molecular formula is C19H20ClN3O4S. The fourth-order valence-corrected chi connectivity index (χ4v) is 4.91. The Kier molecular flexibility index (Phi) is 6.33. The van der Waals surface area contributed by atoms with Crippen molar-refractivity contribution in [1.82, 2.24) is 9.62 Å². The number of nitrogens with zero attached hydrogens (tertiary/aromatic N) is 1. The van der Waals surface area contributed by atoms with Gasteiger partial charge in [0.2, 0.25) is 10.0 Å². The number of carbonyl (C=O) groups is 2. The number of rotatable bonds is 5. The van der Waals surface area contributed by atoms with Crippen molar-refractivity contribution >= 4 is 39.1 Å². The second kappa shape index (κ2) is 8.72. The van der Waals surface area contributed by atoms with Gasteiger partial charge in [-0.3, -0.25) is 9.59 Å². The minimum Gasteiger partial charge on any atom is -0.346 e. The lowest BCUT2D eigenvalue weighted by Gasteiger charge is -2.24. The lowest BCUT2D eigenvalue weighted by molar-refractivity contribution is -0.136. The molecule has 1 atom stereocenters. The van der Waals surface area contributed by atoms with Crippen molar-refractivity contribution < 1.29 is 18.0 Å². The SMILES string of the molecule is O=C(NCC1CCCN1S(=O)(=O)c1ccccc1)C(=O)Nc1ccc(Cl)cc1. The van der Waals surface area contributed by atoms with E-state index in [4.69, 9.17) is 11.6 Å². The van der Waals surface area contributed by atoms with Gasteiger partial charge in [0.15, 0.2) is 0 Å². The number of sulfonamides is 1. The summed E-state index contributed by atoms with van der Waals surface area (Å²) in [4.78, 5) is 24.3. The Morgan fingerprint density at radius 3 is 2.39 bits per heavy atom. The Bertz CT molecular complexity index is 949. The van der Waals surface area contributed by atoms with E-state index < -0.39 is 27.9 Å². The molecule has 2 aromatic rings. The molecule has 0 bridgehead atoms. The van der Waals surface area contributed by atoms with Crippen molar-refractivity contribution in [2.75, 3.05) is 18.4 Å². The predicted octanol–water partition coefficient (Wildman–Crippen LogP) is 2.25. The summed E-state index contributed by atoms with van der Waals surface area (Å²) in [6.45, 7) is 0.452. The summed E-state index contributed by atoms with van der Waals surface area (Å²) >= 11 is 5.78. The molecule has 1 saturated heterocycles. The van der Waals surface area contributed by atoms with Gasteiger partial charge in [0.25, 0.3) is 0 Å². The van der Waals surface area contributed by atoms with Crippen LogP contribution in [-0.2, 0) is 19.6 Å². The highest BCUT2D eigenvalue weighted by molar-refractivity contribution is 7.89. The first-order valence-corrected chi connectivity index (χ1v) is 10.6. The van der Waals surface area contributed by atoms with Gasteiger partial charge >= 0.3 is 11.8 Å². The molecule has 148 valence electrons. The monoisotopic (exact) mass is 421 g/mol. The summed E-state index contributed by atoms with van der Waals surface area (Å²) in [5.74, 6) is -1.64. The quantitative estimate of drug-likeness (QED) is 0.724. The Labute approximate surface area is 168 Å². The van der Waals surface area contributed by atoms with Crippen LogP contribution in [0, 0.1) is 0 Å². The van der Waals surface area contributed by atoms with E-state index in [9.17, 15) is 18.0 Å². The molecule has 1 fully saturated rings. The van der Waals surface area contributed by atoms with Gasteiger partial charge < -0.3 is 10.6 Å². The Hall–Kier alpha value is -2.42. The van der Waals surface area contributed by atoms with Crippen LogP contribution >= 0.6 is 11.6 Å². The van der Waals surface area contributed by atoms with Crippen LogP contribution in [0.15, 0.2) is 59.5 Å². The van der Waals surface area contributed by atoms with Crippen LogP contribution in [0.4, 0.5) is 5.69 Å². The largest absolute Gasteiger partial charge is 0.346 e. The molecular weight excluding hydrogens is 402 g/mol. The van der Waals surface area contributed by atoms with Gasteiger partial charge in [0.05, 0.1) is 4.90 Å². The number of anilines is 1. The number of benzene rings is 2. The molecule has 0 spiro atoms. The number of carbonyl (C=O) groups excluding carboxylic acids is 2. The molecule has 1 unspecified atom stereocenters. The first kappa shape index (κ1) is 20.3. The van der Waals surface area contributed by atoms with Crippen molar-refractivity contribution in [1.29, 1.82) is 0 Å². The zero-order chi connectivity index (χ0) is 20.1. The molecule has 2 aromatic carbocycles. The number of nitrogens with one attached hydrogen (secondary N) is 2. The van der Waals surface area contributed by atoms with Crippen LogP contribution in [0.5, 0.6) is 0 Å². The topological polar surface area (TPSA) is 95.6 Å². The second-order valence-corrected chi connectivity index (χ2v) is 8.72. The fourth-order valence-electron chi connectivity index (χ4n) is 3.07. The Balaban J connectivity index is 1.59. The van der Waals surface area contributed by atoms with Crippen molar-refractivity contribution in [3.05, 3.63) is 59.6 Å². The van der Waals surface area contributed by atoms with E-state index in [1.165, 1.54) is 4.31 Å². The van der Waals surface area contributed by atoms with Crippen LogP contribution in [-0.4, -0.2) is 43.7 Å². The number of amides is 2. The molecule has 3 rings (SSSR count). The Morgan fingerprint density at radius 2 is 1.71 bits per heavy atom. The maximum atomic E-state index is 12.8. The summed E-state index contributed by atoms with van der Waals surface area (Å²) in [7, 11) is -3.64. The number of hydrogen-bond donors (Lipinski definition) is 2. The van der Waals surface area contributed by atoms with Gasteiger partial charge in [-0.15, -0.1) is 0 Å². The lowest BCUT2D eigenvalue weighted by Crippen LogP contribution is -2.45. The summed E-state index contributed by atoms with van der Waals surface area (Å²) < 4.78 is 27.0. The molecule has 1 aliphatic rings. The third-order valence-corrected chi connectivity index (χ3v) is 6.70. The molecule has 2 N–H and O–H groups in total. The summed E-state index contributed by atoms with van der Waals surface area (Å²) in [5.41, 5.74) is 0.443. The van der Waals surface area contributed by atoms with Crippen molar-refractivity contribution in [3.8, 4) is 0 Å². The van der Waals surface area contributed by atoms with E-state index in [-0.39, 0.29) is 11.4 Å². The van der Waals surface area contributed by atoms with E-state index in [1.54, 1.807) is 54.6 Å². The molecule has 1 heterocycles. The fraction of sp³-hybridized carbons (Fsp3) is 0.263. The molecule has 0 aromatic heterocycles. The predicted molar refractivity (Wildman–Crippen MR) is 106 cm³/mol. The lowest BCUT2D eigenvalue weighted by atomic mass is 10.2. The van der Waals surface area contributed by atoms with E-state index >= 15 is 0 Å². The highest BCUT2D eigenvalue weighted by Crippen LogP contribution is 2.25. The van der Waals surface area contributed by atoms with Crippen molar-refractivity contribution in [2.45, 2.75) is 23.8 Å². The average Bonchev–Trinajstić information content (AvgIpc) is 3.18. The molecule has 9 heteroatoms. The zero-order valence-corrected chi connectivity index (χ0v) is 16.5. The Morgan fingerprint density at radius 1 is 1.04 bits per heavy atom. The first-order chi connectivity index (χ1) is 13.4. The van der Waals surface area contributed by atoms with E-state index in [0.717, 1.165) is 0 Å². The van der Waals surface area contributed by atoms with Crippen LogP contribution < -0.4 is 10.6 Å². The van der Waals surface area contributed by atoms with Gasteiger partial charge in [-0.2, -0.15) is 4.31 Å². The van der Waals surface area contributed by atoms with Crippen LogP contribution in [0.2, 0.25) is 5.02 Å². The highest BCUT2D eigenvalue weighted by atomic mass is 35.5. The van der Waals surface area contributed by atoms with E-state index in [1.807, 2.05) is 0 Å². The number of halogens is 1. The van der Waals surface area contributed by atoms with Gasteiger partial charge in [0, 0.05) is 29.8 Å². The van der Waals surface area contributed by atoms with Crippen LogP contribution in [0.25, 0.3) is 0 Å². The molecule has 0 saturated carbocycles. The third kappa shape index (κ3) is 4.70. The smallest absolute Gasteiger partial charge is 0.313 e. The summed E-state index contributed by atoms with van der Waals surface area (Å²) in [5, 5.41) is 5.51. The van der Waals surface area contributed by atoms with Gasteiger partial charge in [-0.25, -0.2) is 8.42 Å². The highest BCUT2D eigenvalue weighted by Gasteiger charge is 2.35. The van der Waals surface area contributed by atoms with Gasteiger partial charge in [-0.1, -0.05) is 29.8 Å². The van der Waals surface area contributed by atoms with Crippen LogP contribution in [0.1, 0.15) is 12.8 Å². The summed E-state index contributed by atoms with van der Waals surface area (Å²) in [6, 6.07) is 14.1. The van der Waals surface area contributed by atoms with Crippen LogP contribution in [0.3, 0.4) is 0 Å². The van der Waals surface area contributed by atoms with E-state index in [2.05, 4.69) is 10.6 Å². The van der Waals surface area contributed by atoms with Crippen molar-refractivity contribution in [3.63, 3.8) is 0 Å². The number of hydrogen-bond acceptors (Lipinski definition) is 4. The second-order valence-electron chi connectivity index (χ2n) is 6.40. The average molecular weight is 422 g/mol. The van der Waals surface area contributed by atoms with Gasteiger partial charge in [-0.05, 0) is 49.2 Å². The molecule has 0 aliphatic carbocycles. The standard InChI is InChI=1S/C19H20ClN3O4S/c20-14-8-10-15(11-9-14)22-19(25)18(24)21-13-16-5-4-12-23(16)28(26,27)17-6-2-1-3-7-17/h1-3,6-11,16H,4-5,12-13H2,(H,21,24)(H,22,25). The molecule has 28 heavy (non-hydrogen) atoms. The molecule has 2 amide bonds. The maximum absolute atomic E-state index is 12.8. The minimum atomic E-state index is -3.64. The summed E-state index contributed by atoms with van der Waals surface area (Å²) in [6.07, 6.45) is 1.31.